The summed E-state index contributed by atoms with van der Waals surface area (Å²) in [5, 5.41) is 17.8. The van der Waals surface area contributed by atoms with Gasteiger partial charge in [-0.25, -0.2) is 0 Å². The molecule has 2 nitrogen and oxygen atoms in total. The Morgan fingerprint density at radius 1 is 0.765 bits per heavy atom. The van der Waals surface area contributed by atoms with Gasteiger partial charge in [0.25, 0.3) is 0 Å². The first-order chi connectivity index (χ1) is 7.49. The summed E-state index contributed by atoms with van der Waals surface area (Å²) in [6.07, 6.45) is -15.2. The van der Waals surface area contributed by atoms with Crippen molar-refractivity contribution in [2.24, 2.45) is 0 Å². The molecule has 0 fully saturated rings. The third-order valence-electron chi connectivity index (χ3n) is 1.55. The quantitative estimate of drug-likeness (QED) is 0.736. The molecule has 0 aliphatic rings. The first kappa shape index (κ1) is 16.9. The fourth-order valence-corrected chi connectivity index (χ4v) is 1.91. The number of aliphatic hydroxyl groups excluding tert-OH is 2. The second-order valence-corrected chi connectivity index (χ2v) is 4.56. The van der Waals surface area contributed by atoms with Gasteiger partial charge in [0.2, 0.25) is 0 Å². The number of hydrogen-bond acceptors (Lipinski definition) is 3. The Morgan fingerprint density at radius 3 is 1.29 bits per heavy atom. The number of halogens is 6. The highest BCUT2D eigenvalue weighted by molar-refractivity contribution is 7.99. The molecule has 0 radical (unpaired) electrons. The maximum atomic E-state index is 11.7. The van der Waals surface area contributed by atoms with Gasteiger partial charge in [0, 0.05) is 11.5 Å². The highest BCUT2D eigenvalue weighted by Gasteiger charge is 2.32. The molecule has 17 heavy (non-hydrogen) atoms. The second-order valence-electron chi connectivity index (χ2n) is 3.48. The van der Waals surface area contributed by atoms with Gasteiger partial charge in [-0.2, -0.15) is 38.1 Å². The Morgan fingerprint density at radius 2 is 1.06 bits per heavy atom. The molecule has 2 N–H and O–H groups in total. The number of aliphatic hydroxyl groups is 2. The lowest BCUT2D eigenvalue weighted by molar-refractivity contribution is -0.151. The normalized spacial score (nSPS) is 16.9. The van der Waals surface area contributed by atoms with Crippen LogP contribution in [0.15, 0.2) is 0 Å². The average Bonchev–Trinajstić information content (AvgIpc) is 1.95. The summed E-state index contributed by atoms with van der Waals surface area (Å²) < 4.78 is 70.5. The Kier molecular flexibility index (Phi) is 6.64. The molecule has 2 atom stereocenters. The van der Waals surface area contributed by atoms with Crippen molar-refractivity contribution in [3.05, 3.63) is 0 Å². The Bertz CT molecular complexity index is 195. The van der Waals surface area contributed by atoms with E-state index in [-0.39, 0.29) is 11.5 Å². The molecule has 0 aromatic rings. The largest absolute Gasteiger partial charge is 0.392 e. The molecule has 0 rings (SSSR count). The molecule has 0 amide bonds. The van der Waals surface area contributed by atoms with Gasteiger partial charge < -0.3 is 10.2 Å². The van der Waals surface area contributed by atoms with Crippen molar-refractivity contribution in [3.8, 4) is 0 Å². The van der Waals surface area contributed by atoms with Crippen molar-refractivity contribution in [2.75, 3.05) is 11.5 Å². The predicted molar refractivity (Wildman–Crippen MR) is 50.7 cm³/mol. The van der Waals surface area contributed by atoms with Crippen LogP contribution in [0.4, 0.5) is 26.3 Å². The van der Waals surface area contributed by atoms with E-state index in [0.29, 0.717) is 11.8 Å². The van der Waals surface area contributed by atoms with Gasteiger partial charge in [0.1, 0.15) is 0 Å². The Labute approximate surface area is 98.0 Å². The van der Waals surface area contributed by atoms with Crippen molar-refractivity contribution < 1.29 is 36.6 Å². The van der Waals surface area contributed by atoms with Gasteiger partial charge in [-0.1, -0.05) is 0 Å². The summed E-state index contributed by atoms with van der Waals surface area (Å²) in [4.78, 5) is 0. The molecule has 0 aromatic carbocycles. The molecule has 0 aromatic heterocycles. The maximum absolute atomic E-state index is 11.7. The van der Waals surface area contributed by atoms with E-state index in [2.05, 4.69) is 0 Å². The van der Waals surface area contributed by atoms with E-state index in [1.165, 1.54) is 0 Å². The number of thioether (sulfide) groups is 1. The average molecular weight is 286 g/mol. The van der Waals surface area contributed by atoms with E-state index >= 15 is 0 Å². The van der Waals surface area contributed by atoms with Crippen molar-refractivity contribution in [2.45, 2.75) is 37.4 Å². The van der Waals surface area contributed by atoms with Crippen molar-refractivity contribution in [3.63, 3.8) is 0 Å². The zero-order chi connectivity index (χ0) is 13.7. The van der Waals surface area contributed by atoms with Gasteiger partial charge in [-0.3, -0.25) is 0 Å². The first-order valence-corrected chi connectivity index (χ1v) is 5.72. The molecule has 9 heteroatoms. The van der Waals surface area contributed by atoms with Crippen LogP contribution in [0, 0.1) is 0 Å². The van der Waals surface area contributed by atoms with E-state index in [4.69, 9.17) is 10.2 Å². The van der Waals surface area contributed by atoms with Crippen LogP contribution in [-0.2, 0) is 0 Å². The maximum Gasteiger partial charge on any atom is 0.391 e. The topological polar surface area (TPSA) is 40.5 Å². The summed E-state index contributed by atoms with van der Waals surface area (Å²) >= 11 is 0.651. The molecular formula is C8H12F6O2S. The van der Waals surface area contributed by atoms with Crippen molar-refractivity contribution in [1.29, 1.82) is 0 Å². The van der Waals surface area contributed by atoms with E-state index in [1.54, 1.807) is 0 Å². The summed E-state index contributed by atoms with van der Waals surface area (Å²) in [6.45, 7) is 0. The van der Waals surface area contributed by atoms with Crippen LogP contribution in [0.3, 0.4) is 0 Å². The summed E-state index contributed by atoms with van der Waals surface area (Å²) in [5.74, 6) is -0.733. The van der Waals surface area contributed by atoms with Crippen molar-refractivity contribution >= 4 is 11.8 Å². The molecule has 0 heterocycles. The van der Waals surface area contributed by atoms with E-state index < -0.39 is 37.4 Å². The minimum absolute atomic E-state index is 0.367. The second kappa shape index (κ2) is 6.69. The lowest BCUT2D eigenvalue weighted by Crippen LogP contribution is -2.24. The van der Waals surface area contributed by atoms with Crippen LogP contribution in [-0.4, -0.2) is 46.3 Å². The molecule has 0 saturated heterocycles. The molecule has 0 saturated carbocycles. The summed E-state index contributed by atoms with van der Waals surface area (Å²) in [5.41, 5.74) is 0. The number of rotatable bonds is 6. The highest BCUT2D eigenvalue weighted by Crippen LogP contribution is 2.25. The van der Waals surface area contributed by atoms with Crippen LogP contribution in [0.1, 0.15) is 12.8 Å². The molecule has 2 unspecified atom stereocenters. The monoisotopic (exact) mass is 286 g/mol. The molecule has 0 spiro atoms. The molecule has 0 aliphatic heterocycles. The van der Waals surface area contributed by atoms with E-state index in [9.17, 15) is 26.3 Å². The van der Waals surface area contributed by atoms with Crippen LogP contribution in [0.2, 0.25) is 0 Å². The summed E-state index contributed by atoms with van der Waals surface area (Å²) in [6, 6.07) is 0. The first-order valence-electron chi connectivity index (χ1n) is 4.57. The van der Waals surface area contributed by atoms with E-state index in [0.717, 1.165) is 0 Å². The lowest BCUT2D eigenvalue weighted by atomic mass is 10.3. The predicted octanol–water partition coefficient (Wildman–Crippen LogP) is 2.35. The van der Waals surface area contributed by atoms with Crippen molar-refractivity contribution in [1.82, 2.24) is 0 Å². The third kappa shape index (κ3) is 12.1. The molecule has 0 bridgehead atoms. The minimum atomic E-state index is -4.51. The summed E-state index contributed by atoms with van der Waals surface area (Å²) in [7, 11) is 0. The van der Waals surface area contributed by atoms with Gasteiger partial charge in [0.05, 0.1) is 25.0 Å². The third-order valence-corrected chi connectivity index (χ3v) is 2.80. The standard InChI is InChI=1S/C8H12F6O2S/c9-7(10,11)1-5(15)3-17-4-6(16)2-8(12,13)14/h5-6,15-16H,1-4H2. The Hall–Kier alpha value is -0.150. The number of hydrogen-bond donors (Lipinski definition) is 2. The van der Waals surface area contributed by atoms with Gasteiger partial charge in [0.15, 0.2) is 0 Å². The molecule has 0 aliphatic carbocycles. The zero-order valence-electron chi connectivity index (χ0n) is 8.55. The number of alkyl halides is 6. The van der Waals surface area contributed by atoms with Gasteiger partial charge in [-0.05, 0) is 0 Å². The van der Waals surface area contributed by atoms with Crippen LogP contribution >= 0.6 is 11.8 Å². The highest BCUT2D eigenvalue weighted by atomic mass is 32.2. The fourth-order valence-electron chi connectivity index (χ4n) is 0.992. The van der Waals surface area contributed by atoms with Gasteiger partial charge in [-0.15, -0.1) is 0 Å². The van der Waals surface area contributed by atoms with Gasteiger partial charge >= 0.3 is 12.4 Å². The van der Waals surface area contributed by atoms with E-state index in [1.807, 2.05) is 0 Å². The smallest absolute Gasteiger partial charge is 0.391 e. The Balaban J connectivity index is 3.70. The lowest BCUT2D eigenvalue weighted by Gasteiger charge is -2.15. The molecule has 104 valence electrons. The fraction of sp³-hybridized carbons (Fsp3) is 1.00. The van der Waals surface area contributed by atoms with Crippen LogP contribution in [0.5, 0.6) is 0 Å². The van der Waals surface area contributed by atoms with Crippen LogP contribution < -0.4 is 0 Å². The SMILES string of the molecule is OC(CSCC(O)CC(F)(F)F)CC(F)(F)F. The minimum Gasteiger partial charge on any atom is -0.392 e. The zero-order valence-corrected chi connectivity index (χ0v) is 9.37. The van der Waals surface area contributed by atoms with Crippen LogP contribution in [0.25, 0.3) is 0 Å². The molecular weight excluding hydrogens is 274 g/mol.